The van der Waals surface area contributed by atoms with Crippen molar-refractivity contribution >= 4 is 44.4 Å². The highest BCUT2D eigenvalue weighted by Gasteiger charge is 2.26. The number of nitrogens with zero attached hydrogens (tertiary/aromatic N) is 7. The number of allylic oxidation sites excluding steroid dienone is 1. The summed E-state index contributed by atoms with van der Waals surface area (Å²) in [6.45, 7) is 3.13. The summed E-state index contributed by atoms with van der Waals surface area (Å²) in [5.74, 6) is -1.78. The predicted molar refractivity (Wildman–Crippen MR) is 152 cm³/mol. The maximum Gasteiger partial charge on any atom is 0.264 e. The standard InChI is InChI=1S/C27H26F2N8O5S/c1-16(38)4-7-22(39)36-8-10-37(11-9-36)26-23-25(31-15-32-26)35(2)24(33-23)17-12-20(27(42-3)30-14-17)34-43(40,41)21-6-5-18(28)13-19(21)29/h4-7,12-15,34H,8-11H2,1-3H3. The van der Waals surface area contributed by atoms with Gasteiger partial charge in [0.2, 0.25) is 11.8 Å². The van der Waals surface area contributed by atoms with Crippen LogP contribution in [0.25, 0.3) is 22.6 Å². The van der Waals surface area contributed by atoms with E-state index in [1.165, 1.54) is 44.8 Å². The molecule has 0 saturated carbocycles. The van der Waals surface area contributed by atoms with E-state index in [0.717, 1.165) is 12.1 Å². The van der Waals surface area contributed by atoms with E-state index >= 15 is 0 Å². The number of imidazole rings is 1. The molecule has 1 fully saturated rings. The van der Waals surface area contributed by atoms with Gasteiger partial charge in [-0.25, -0.2) is 37.1 Å². The van der Waals surface area contributed by atoms with E-state index in [1.807, 2.05) is 4.90 Å². The summed E-state index contributed by atoms with van der Waals surface area (Å²) in [5, 5.41) is 0. The van der Waals surface area contributed by atoms with Gasteiger partial charge in [-0.2, -0.15) is 0 Å². The molecule has 1 aliphatic heterocycles. The number of fused-ring (bicyclic) bond motifs is 1. The van der Waals surface area contributed by atoms with Crippen LogP contribution >= 0.6 is 0 Å². The van der Waals surface area contributed by atoms with Crippen molar-refractivity contribution in [3.8, 4) is 17.3 Å². The Morgan fingerprint density at radius 3 is 2.47 bits per heavy atom. The molecule has 0 atom stereocenters. The Hall–Kier alpha value is -4.99. The van der Waals surface area contributed by atoms with Crippen molar-refractivity contribution in [2.24, 2.45) is 7.05 Å². The van der Waals surface area contributed by atoms with Gasteiger partial charge in [0.25, 0.3) is 10.0 Å². The van der Waals surface area contributed by atoms with Crippen LogP contribution in [0, 0.1) is 11.6 Å². The van der Waals surface area contributed by atoms with Crippen molar-refractivity contribution in [3.63, 3.8) is 0 Å². The van der Waals surface area contributed by atoms with Gasteiger partial charge in [-0.1, -0.05) is 0 Å². The molecule has 1 amide bonds. The Kier molecular flexibility index (Phi) is 8.04. The summed E-state index contributed by atoms with van der Waals surface area (Å²) in [5.41, 5.74) is 1.26. The average Bonchev–Trinajstić information content (AvgIpc) is 3.32. The van der Waals surface area contributed by atoms with E-state index < -0.39 is 26.6 Å². The van der Waals surface area contributed by atoms with Gasteiger partial charge in [0.15, 0.2) is 22.8 Å². The first-order chi connectivity index (χ1) is 20.5. The first-order valence-corrected chi connectivity index (χ1v) is 14.4. The molecule has 0 unspecified atom stereocenters. The number of hydrogen-bond acceptors (Lipinski definition) is 10. The number of halogens is 2. The van der Waals surface area contributed by atoms with Crippen molar-refractivity contribution in [1.29, 1.82) is 0 Å². The quantitative estimate of drug-likeness (QED) is 0.294. The number of carbonyl (C=O) groups excluding carboxylic acids is 2. The van der Waals surface area contributed by atoms with Gasteiger partial charge in [-0.3, -0.25) is 14.3 Å². The van der Waals surface area contributed by atoms with Crippen molar-refractivity contribution in [3.05, 3.63) is 60.6 Å². The fourth-order valence-electron chi connectivity index (χ4n) is 4.61. The molecule has 4 aromatic rings. The van der Waals surface area contributed by atoms with Crippen LogP contribution in [0.3, 0.4) is 0 Å². The van der Waals surface area contributed by atoms with Crippen molar-refractivity contribution in [2.75, 3.05) is 42.9 Å². The molecule has 4 heterocycles. The zero-order valence-electron chi connectivity index (χ0n) is 23.3. The summed E-state index contributed by atoms with van der Waals surface area (Å²) in [4.78, 5) is 44.1. The fraction of sp³-hybridized carbons (Fsp3) is 0.259. The van der Waals surface area contributed by atoms with Gasteiger partial charge in [-0.05, 0) is 31.2 Å². The van der Waals surface area contributed by atoms with Crippen LogP contribution < -0.4 is 14.4 Å². The fourth-order valence-corrected chi connectivity index (χ4v) is 5.72. The number of rotatable bonds is 8. The van der Waals surface area contributed by atoms with E-state index in [-0.39, 0.29) is 23.3 Å². The van der Waals surface area contributed by atoms with Gasteiger partial charge in [0, 0.05) is 57.1 Å². The lowest BCUT2D eigenvalue weighted by molar-refractivity contribution is -0.126. The number of hydrogen-bond donors (Lipinski definition) is 1. The van der Waals surface area contributed by atoms with Gasteiger partial charge in [-0.15, -0.1) is 0 Å². The second-order valence-corrected chi connectivity index (χ2v) is 11.2. The molecule has 1 N–H and O–H groups in total. The number of methoxy groups -OCH3 is 1. The molecule has 224 valence electrons. The molecule has 43 heavy (non-hydrogen) atoms. The third-order valence-corrected chi connectivity index (χ3v) is 8.12. The topological polar surface area (TPSA) is 153 Å². The molecular formula is C27H26F2N8O5S. The number of anilines is 2. The van der Waals surface area contributed by atoms with E-state index in [4.69, 9.17) is 9.72 Å². The molecule has 0 spiro atoms. The molecule has 5 rings (SSSR count). The maximum atomic E-state index is 14.3. The molecule has 16 heteroatoms. The largest absolute Gasteiger partial charge is 0.480 e. The first kappa shape index (κ1) is 29.5. The number of nitrogens with one attached hydrogen (secondary N) is 1. The normalized spacial score (nSPS) is 14.0. The number of piperazine rings is 1. The highest BCUT2D eigenvalue weighted by molar-refractivity contribution is 7.92. The van der Waals surface area contributed by atoms with Crippen LogP contribution in [-0.2, 0) is 26.7 Å². The van der Waals surface area contributed by atoms with Crippen LogP contribution in [0.5, 0.6) is 5.88 Å². The lowest BCUT2D eigenvalue weighted by Crippen LogP contribution is -2.48. The van der Waals surface area contributed by atoms with Crippen molar-refractivity contribution < 1.29 is 31.5 Å². The van der Waals surface area contributed by atoms with Crippen LogP contribution in [0.1, 0.15) is 6.92 Å². The minimum Gasteiger partial charge on any atom is -0.480 e. The number of aromatic nitrogens is 5. The average molecular weight is 613 g/mol. The Morgan fingerprint density at radius 2 is 1.79 bits per heavy atom. The number of ketones is 1. The summed E-state index contributed by atoms with van der Waals surface area (Å²) in [6, 6.07) is 3.56. The Labute approximate surface area is 244 Å². The monoisotopic (exact) mass is 612 g/mol. The number of sulfonamides is 1. The van der Waals surface area contributed by atoms with Gasteiger partial charge in [0.1, 0.15) is 34.4 Å². The smallest absolute Gasteiger partial charge is 0.264 e. The highest BCUT2D eigenvalue weighted by atomic mass is 32.2. The maximum absolute atomic E-state index is 14.3. The number of amides is 1. The van der Waals surface area contributed by atoms with Crippen molar-refractivity contribution in [1.82, 2.24) is 29.4 Å². The molecule has 13 nitrogen and oxygen atoms in total. The number of aryl methyl sites for hydroxylation is 1. The molecule has 0 radical (unpaired) electrons. The highest BCUT2D eigenvalue weighted by Crippen LogP contribution is 2.33. The second kappa shape index (κ2) is 11.7. The molecular weight excluding hydrogens is 586 g/mol. The third-order valence-electron chi connectivity index (χ3n) is 6.72. The minimum atomic E-state index is -4.48. The van der Waals surface area contributed by atoms with Crippen LogP contribution in [0.2, 0.25) is 0 Å². The number of benzene rings is 1. The minimum absolute atomic E-state index is 0.0837. The summed E-state index contributed by atoms with van der Waals surface area (Å²) in [6.07, 6.45) is 5.34. The summed E-state index contributed by atoms with van der Waals surface area (Å²) in [7, 11) is -1.47. The lowest BCUT2D eigenvalue weighted by Gasteiger charge is -2.34. The second-order valence-electron chi connectivity index (χ2n) is 9.58. The molecule has 3 aromatic heterocycles. The van der Waals surface area contributed by atoms with Crippen molar-refractivity contribution in [2.45, 2.75) is 11.8 Å². The van der Waals surface area contributed by atoms with Crippen LogP contribution in [0.15, 0.2) is 53.8 Å². The summed E-state index contributed by atoms with van der Waals surface area (Å²) >= 11 is 0. The SMILES string of the molecule is COc1ncc(-c2nc3c(N4CCN(C(=O)C=CC(C)=O)CC4)ncnc3n2C)cc1NS(=O)(=O)c1ccc(F)cc1F. The third kappa shape index (κ3) is 5.99. The number of ether oxygens (including phenoxy) is 1. The predicted octanol–water partition coefficient (Wildman–Crippen LogP) is 2.31. The number of carbonyl (C=O) groups is 2. The molecule has 1 saturated heterocycles. The molecule has 0 aliphatic carbocycles. The molecule has 0 bridgehead atoms. The van der Waals surface area contributed by atoms with Gasteiger partial charge >= 0.3 is 0 Å². The summed E-state index contributed by atoms with van der Waals surface area (Å²) < 4.78 is 62.7. The van der Waals surface area contributed by atoms with Crippen LogP contribution in [0.4, 0.5) is 20.3 Å². The van der Waals surface area contributed by atoms with E-state index in [1.54, 1.807) is 16.5 Å². The zero-order valence-corrected chi connectivity index (χ0v) is 24.1. The molecule has 1 aliphatic rings. The van der Waals surface area contributed by atoms with Crippen LogP contribution in [-0.4, -0.2) is 82.8 Å². The number of pyridine rings is 1. The van der Waals surface area contributed by atoms with Gasteiger partial charge < -0.3 is 19.1 Å². The van der Waals surface area contributed by atoms with E-state index in [2.05, 4.69) is 19.7 Å². The Balaban J connectivity index is 1.45. The van der Waals surface area contributed by atoms with Gasteiger partial charge in [0.05, 0.1) is 7.11 Å². The first-order valence-electron chi connectivity index (χ1n) is 12.9. The lowest BCUT2D eigenvalue weighted by atomic mass is 10.2. The molecule has 1 aromatic carbocycles. The van der Waals surface area contributed by atoms with E-state index in [9.17, 15) is 26.8 Å². The Bertz CT molecular complexity index is 1870. The van der Waals surface area contributed by atoms with E-state index in [0.29, 0.717) is 60.6 Å². The Morgan fingerprint density at radius 1 is 1.05 bits per heavy atom. The zero-order chi connectivity index (χ0) is 30.9.